The maximum absolute atomic E-state index is 13.4. The minimum absolute atomic E-state index is 0.0131. The van der Waals surface area contributed by atoms with Crippen LogP contribution in [0.4, 0.5) is 0 Å². The Hall–Kier alpha value is -1.17. The van der Waals surface area contributed by atoms with Gasteiger partial charge in [-0.25, -0.2) is 4.79 Å². The van der Waals surface area contributed by atoms with Crippen LogP contribution in [-0.2, 0) is 23.2 Å². The minimum Gasteiger partial charge on any atom is -0.457 e. The van der Waals surface area contributed by atoms with Gasteiger partial charge < -0.3 is 24.2 Å². The van der Waals surface area contributed by atoms with Crippen LogP contribution in [0.2, 0.25) is 36.3 Å². The fourth-order valence-corrected chi connectivity index (χ4v) is 4.80. The lowest BCUT2D eigenvalue weighted by Gasteiger charge is -2.44. The molecule has 0 spiro atoms. The van der Waals surface area contributed by atoms with Crippen molar-refractivity contribution in [3.05, 3.63) is 5.53 Å². The van der Waals surface area contributed by atoms with Gasteiger partial charge in [-0.3, -0.25) is 4.79 Å². The second-order valence-electron chi connectivity index (χ2n) is 10.9. The number of rotatable bonds is 10. The van der Waals surface area contributed by atoms with Gasteiger partial charge in [0.15, 0.2) is 16.6 Å². The largest absolute Gasteiger partial charge is 0.457 e. The molecular formula is C21H42N2O6Si2. The summed E-state index contributed by atoms with van der Waals surface area (Å²) in [5.74, 6) is -1.91. The highest BCUT2D eigenvalue weighted by molar-refractivity contribution is 6.75. The molecule has 0 heterocycles. The lowest BCUT2D eigenvalue weighted by Crippen LogP contribution is -2.58. The first-order valence-electron chi connectivity index (χ1n) is 10.7. The van der Waals surface area contributed by atoms with E-state index in [0.717, 1.165) is 0 Å². The zero-order valence-corrected chi connectivity index (χ0v) is 23.3. The third kappa shape index (κ3) is 7.73. The number of aliphatic hydroxyl groups excluding tert-OH is 1. The first-order chi connectivity index (χ1) is 13.7. The Morgan fingerprint density at radius 2 is 1.39 bits per heavy atom. The van der Waals surface area contributed by atoms with Crippen LogP contribution in [0.5, 0.6) is 0 Å². The van der Waals surface area contributed by atoms with Crippen molar-refractivity contribution in [2.24, 2.45) is 0 Å². The number of nitrogens with zero attached hydrogens (tertiary/aromatic N) is 2. The van der Waals surface area contributed by atoms with Gasteiger partial charge in [-0.1, -0.05) is 41.5 Å². The standard InChI is InChI=1S/C21H42N2O6Si2/c1-13-27-19(26)15(23-22)16(25)18(29-31(11,12)21(6,7)8)17(14(2)24)28-30(9,10)20(3,4)5/h14,17-18,24H,13H2,1-12H3/t14-,17+,18+/m1/s1. The highest BCUT2D eigenvalue weighted by Gasteiger charge is 2.51. The van der Waals surface area contributed by atoms with Gasteiger partial charge in [0.2, 0.25) is 0 Å². The summed E-state index contributed by atoms with van der Waals surface area (Å²) in [6.07, 6.45) is -3.45. The van der Waals surface area contributed by atoms with Gasteiger partial charge in [-0.2, -0.15) is 4.79 Å². The van der Waals surface area contributed by atoms with E-state index in [1.807, 2.05) is 67.7 Å². The second kappa shape index (κ2) is 10.6. The van der Waals surface area contributed by atoms with Crippen molar-refractivity contribution >= 4 is 34.1 Å². The summed E-state index contributed by atoms with van der Waals surface area (Å²) >= 11 is 0. The summed E-state index contributed by atoms with van der Waals surface area (Å²) in [6.45, 7) is 23.2. The molecule has 31 heavy (non-hydrogen) atoms. The second-order valence-corrected chi connectivity index (χ2v) is 20.4. The molecule has 3 atom stereocenters. The lowest BCUT2D eigenvalue weighted by atomic mass is 10.0. The Kier molecular flexibility index (Phi) is 10.2. The molecule has 0 aliphatic rings. The van der Waals surface area contributed by atoms with E-state index in [9.17, 15) is 20.2 Å². The van der Waals surface area contributed by atoms with E-state index in [1.165, 1.54) is 6.92 Å². The molecule has 0 aliphatic heterocycles. The topological polar surface area (TPSA) is 118 Å². The Morgan fingerprint density at radius 1 is 0.968 bits per heavy atom. The van der Waals surface area contributed by atoms with Gasteiger partial charge in [-0.05, 0) is 50.1 Å². The van der Waals surface area contributed by atoms with Crippen LogP contribution in [0.1, 0.15) is 55.4 Å². The molecule has 180 valence electrons. The highest BCUT2D eigenvalue weighted by atomic mass is 28.4. The van der Waals surface area contributed by atoms with Crippen LogP contribution in [0.25, 0.3) is 5.53 Å². The van der Waals surface area contributed by atoms with Crippen molar-refractivity contribution in [2.75, 3.05) is 6.61 Å². The van der Waals surface area contributed by atoms with E-state index >= 15 is 0 Å². The highest BCUT2D eigenvalue weighted by Crippen LogP contribution is 2.41. The molecule has 0 amide bonds. The number of carbonyl (C=O) groups is 2. The molecule has 0 bridgehead atoms. The van der Waals surface area contributed by atoms with E-state index < -0.39 is 52.4 Å². The quantitative estimate of drug-likeness (QED) is 0.128. The third-order valence-corrected chi connectivity index (χ3v) is 15.2. The summed E-state index contributed by atoms with van der Waals surface area (Å²) in [4.78, 5) is 28.6. The van der Waals surface area contributed by atoms with Crippen molar-refractivity contribution in [1.29, 1.82) is 0 Å². The predicted molar refractivity (Wildman–Crippen MR) is 126 cm³/mol. The van der Waals surface area contributed by atoms with E-state index in [0.29, 0.717) is 0 Å². The molecule has 0 radical (unpaired) electrons. The Labute approximate surface area is 189 Å². The van der Waals surface area contributed by atoms with Crippen LogP contribution in [0, 0.1) is 0 Å². The minimum atomic E-state index is -2.56. The van der Waals surface area contributed by atoms with Crippen LogP contribution < -0.4 is 0 Å². The van der Waals surface area contributed by atoms with Crippen molar-refractivity contribution in [3.63, 3.8) is 0 Å². The molecule has 1 N–H and O–H groups in total. The fourth-order valence-electron chi connectivity index (χ4n) is 2.22. The van der Waals surface area contributed by atoms with E-state index in [-0.39, 0.29) is 16.7 Å². The number of hydrogen-bond acceptors (Lipinski definition) is 6. The SMILES string of the molecule is CCOC(=O)C(=[N+]=[N-])C(=O)[C@H](O[Si](C)(C)C(C)(C)C)[C@@H](O[Si](C)(C)C(C)(C)C)[C@@H](C)O. The number of esters is 1. The molecule has 0 aliphatic carbocycles. The maximum atomic E-state index is 13.4. The number of carbonyl (C=O) groups excluding carboxylic acids is 2. The lowest BCUT2D eigenvalue weighted by molar-refractivity contribution is -0.145. The maximum Gasteiger partial charge on any atom is 0.444 e. The van der Waals surface area contributed by atoms with E-state index in [4.69, 9.17) is 13.6 Å². The number of hydrogen-bond donors (Lipinski definition) is 1. The smallest absolute Gasteiger partial charge is 0.444 e. The summed E-state index contributed by atoms with van der Waals surface area (Å²) < 4.78 is 17.7. The van der Waals surface area contributed by atoms with Crippen molar-refractivity contribution < 1.29 is 33.1 Å². The number of ether oxygens (including phenoxy) is 1. The van der Waals surface area contributed by atoms with Gasteiger partial charge in [0.1, 0.15) is 12.2 Å². The molecule has 10 heteroatoms. The normalized spacial score (nSPS) is 16.2. The predicted octanol–water partition coefficient (Wildman–Crippen LogP) is 3.95. The number of ketones is 1. The molecule has 8 nitrogen and oxygen atoms in total. The Bertz CT molecular complexity index is 702. The molecule has 0 fully saturated rings. The van der Waals surface area contributed by atoms with Crippen LogP contribution in [0.3, 0.4) is 0 Å². The molecule has 0 aromatic heterocycles. The van der Waals surface area contributed by atoms with Crippen molar-refractivity contribution in [2.45, 2.75) is 110 Å². The zero-order chi connectivity index (χ0) is 25.0. The summed E-state index contributed by atoms with van der Waals surface area (Å²) in [5, 5.41) is 10.2. The van der Waals surface area contributed by atoms with Gasteiger partial charge in [-0.15, -0.1) is 0 Å². The number of aliphatic hydroxyl groups is 1. The van der Waals surface area contributed by atoms with E-state index in [1.54, 1.807) is 6.92 Å². The van der Waals surface area contributed by atoms with Crippen LogP contribution in [0.15, 0.2) is 0 Å². The van der Waals surface area contributed by atoms with Crippen LogP contribution >= 0.6 is 0 Å². The molecule has 0 rings (SSSR count). The molecular weight excluding hydrogens is 432 g/mol. The van der Waals surface area contributed by atoms with Crippen LogP contribution in [-0.4, -0.2) is 68.9 Å². The monoisotopic (exact) mass is 474 g/mol. The first kappa shape index (κ1) is 29.8. The van der Waals surface area contributed by atoms with Crippen molar-refractivity contribution in [1.82, 2.24) is 0 Å². The van der Waals surface area contributed by atoms with Gasteiger partial charge >= 0.3 is 11.7 Å². The zero-order valence-electron chi connectivity index (χ0n) is 21.3. The van der Waals surface area contributed by atoms with Gasteiger partial charge in [0.25, 0.3) is 5.78 Å². The fraction of sp³-hybridized carbons (Fsp3) is 0.857. The Morgan fingerprint density at radius 3 is 1.71 bits per heavy atom. The Balaban J connectivity index is 6.53. The first-order valence-corrected chi connectivity index (χ1v) is 16.5. The van der Waals surface area contributed by atoms with Gasteiger partial charge in [0.05, 0.1) is 12.7 Å². The van der Waals surface area contributed by atoms with Crippen molar-refractivity contribution in [3.8, 4) is 0 Å². The molecule has 0 saturated heterocycles. The average Bonchev–Trinajstić information content (AvgIpc) is 2.56. The molecule has 0 aromatic rings. The summed E-state index contributed by atoms with van der Waals surface area (Å²) in [7, 11) is -5.00. The summed E-state index contributed by atoms with van der Waals surface area (Å²) in [6, 6.07) is 0. The van der Waals surface area contributed by atoms with E-state index in [2.05, 4.69) is 4.79 Å². The average molecular weight is 475 g/mol. The third-order valence-electron chi connectivity index (χ3n) is 6.30. The molecule has 0 saturated carbocycles. The number of Topliss-reactive ketones (excluding diaryl/α,β-unsaturated/α-hetero) is 1. The summed E-state index contributed by atoms with van der Waals surface area (Å²) in [5.41, 5.74) is 8.64. The van der Waals surface area contributed by atoms with Gasteiger partial charge in [0, 0.05) is 0 Å². The molecule has 0 unspecified atom stereocenters. The molecule has 0 aromatic carbocycles.